The molecule has 0 radical (unpaired) electrons. The molecule has 1 aliphatic carbocycles. The molecular weight excluding hydrogens is 282 g/mol. The third-order valence-corrected chi connectivity index (χ3v) is 5.49. The first-order chi connectivity index (χ1) is 11.0. The van der Waals surface area contributed by atoms with E-state index in [0.29, 0.717) is 5.92 Å². The van der Waals surface area contributed by atoms with Crippen LogP contribution in [0.5, 0.6) is 0 Å². The number of fused-ring (bicyclic) bond motifs is 3. The maximum absolute atomic E-state index is 10.7. The topological polar surface area (TPSA) is 25.2 Å². The number of aliphatic hydroxyl groups is 1. The van der Waals surface area contributed by atoms with E-state index >= 15 is 0 Å². The maximum atomic E-state index is 10.7. The second-order valence-electron chi connectivity index (χ2n) is 7.46. The molecule has 0 saturated heterocycles. The van der Waals surface area contributed by atoms with Gasteiger partial charge in [-0.05, 0) is 63.3 Å². The van der Waals surface area contributed by atoms with Gasteiger partial charge in [0, 0.05) is 21.8 Å². The van der Waals surface area contributed by atoms with Crippen LogP contribution in [-0.2, 0) is 0 Å². The van der Waals surface area contributed by atoms with Crippen molar-refractivity contribution in [2.75, 3.05) is 0 Å². The Morgan fingerprint density at radius 2 is 1.48 bits per heavy atom. The van der Waals surface area contributed by atoms with E-state index in [1.807, 2.05) is 0 Å². The summed E-state index contributed by atoms with van der Waals surface area (Å²) in [6, 6.07) is 13.6. The summed E-state index contributed by atoms with van der Waals surface area (Å²) < 4.78 is 2.40. The van der Waals surface area contributed by atoms with Crippen LogP contribution in [0, 0.1) is 19.8 Å². The lowest BCUT2D eigenvalue weighted by Gasteiger charge is -2.33. The Balaban J connectivity index is 2.00. The van der Waals surface area contributed by atoms with Crippen molar-refractivity contribution in [3.05, 3.63) is 47.5 Å². The molecule has 2 heteroatoms. The highest BCUT2D eigenvalue weighted by atomic mass is 16.3. The molecule has 2 unspecified atom stereocenters. The molecule has 0 amide bonds. The van der Waals surface area contributed by atoms with E-state index in [0.717, 1.165) is 12.8 Å². The summed E-state index contributed by atoms with van der Waals surface area (Å²) >= 11 is 0. The van der Waals surface area contributed by atoms with Gasteiger partial charge in [-0.15, -0.1) is 0 Å². The monoisotopic (exact) mass is 307 g/mol. The molecule has 0 bridgehead atoms. The lowest BCUT2D eigenvalue weighted by molar-refractivity contribution is 0.0582. The predicted octanol–water partition coefficient (Wildman–Crippen LogP) is 5.13. The zero-order valence-electron chi connectivity index (χ0n) is 14.2. The summed E-state index contributed by atoms with van der Waals surface area (Å²) in [6.07, 6.45) is 2.91. The van der Waals surface area contributed by atoms with Crippen LogP contribution < -0.4 is 0 Å². The zero-order valence-corrected chi connectivity index (χ0v) is 14.2. The first-order valence-corrected chi connectivity index (χ1v) is 8.73. The summed E-state index contributed by atoms with van der Waals surface area (Å²) in [6.45, 7) is 6.54. The largest absolute Gasteiger partial charge is 0.391 e. The molecule has 0 aliphatic heterocycles. The standard InChI is InChI=1S/C21H25NO/c1-13-4-7-18-16(10-13)17-11-14(2)5-8-19(17)22(18)20-9-6-15(3)12-21(20)23/h4-5,7-8,10-11,15,20-21,23H,6,9,12H2,1-3H3/t15?,20-,21?/m1/s1. The lowest BCUT2D eigenvalue weighted by Crippen LogP contribution is -2.30. The lowest BCUT2D eigenvalue weighted by atomic mass is 9.85. The van der Waals surface area contributed by atoms with Gasteiger partial charge in [0.15, 0.2) is 0 Å². The molecule has 0 spiro atoms. The van der Waals surface area contributed by atoms with Gasteiger partial charge in [0.05, 0.1) is 12.1 Å². The number of nitrogens with zero attached hydrogens (tertiary/aromatic N) is 1. The Bertz CT molecular complexity index is 817. The summed E-state index contributed by atoms with van der Waals surface area (Å²) in [5, 5.41) is 13.3. The molecule has 3 atom stereocenters. The smallest absolute Gasteiger partial charge is 0.0750 e. The molecule has 23 heavy (non-hydrogen) atoms. The second kappa shape index (κ2) is 5.38. The normalized spacial score (nSPS) is 25.3. The molecular formula is C21H25NO. The van der Waals surface area contributed by atoms with E-state index in [1.54, 1.807) is 0 Å². The van der Waals surface area contributed by atoms with Crippen LogP contribution in [0.3, 0.4) is 0 Å². The van der Waals surface area contributed by atoms with Gasteiger partial charge in [-0.25, -0.2) is 0 Å². The van der Waals surface area contributed by atoms with Gasteiger partial charge in [0.25, 0.3) is 0 Å². The van der Waals surface area contributed by atoms with Gasteiger partial charge in [-0.2, -0.15) is 0 Å². The fraction of sp³-hybridized carbons (Fsp3) is 0.429. The van der Waals surface area contributed by atoms with Crippen LogP contribution in [0.2, 0.25) is 0 Å². The first kappa shape index (κ1) is 14.8. The molecule has 1 aliphatic rings. The zero-order chi connectivity index (χ0) is 16.1. The molecule has 1 heterocycles. The number of hydrogen-bond donors (Lipinski definition) is 1. The van der Waals surface area contributed by atoms with Crippen LogP contribution in [-0.4, -0.2) is 15.8 Å². The molecule has 1 aromatic heterocycles. The van der Waals surface area contributed by atoms with Gasteiger partial charge < -0.3 is 9.67 Å². The minimum Gasteiger partial charge on any atom is -0.391 e. The number of aromatic nitrogens is 1. The summed E-state index contributed by atoms with van der Waals surface area (Å²) in [5.41, 5.74) is 5.09. The molecule has 1 fully saturated rings. The predicted molar refractivity (Wildman–Crippen MR) is 97.0 cm³/mol. The Hall–Kier alpha value is -1.80. The second-order valence-corrected chi connectivity index (χ2v) is 7.46. The summed E-state index contributed by atoms with van der Waals surface area (Å²) in [7, 11) is 0. The van der Waals surface area contributed by atoms with Crippen molar-refractivity contribution in [1.29, 1.82) is 0 Å². The molecule has 2 aromatic carbocycles. The number of hydrogen-bond acceptors (Lipinski definition) is 1. The van der Waals surface area contributed by atoms with E-state index in [9.17, 15) is 5.11 Å². The van der Waals surface area contributed by atoms with Crippen molar-refractivity contribution >= 4 is 21.8 Å². The van der Waals surface area contributed by atoms with Crippen molar-refractivity contribution in [3.8, 4) is 0 Å². The van der Waals surface area contributed by atoms with Crippen LogP contribution >= 0.6 is 0 Å². The summed E-state index contributed by atoms with van der Waals surface area (Å²) in [5.74, 6) is 0.624. The van der Waals surface area contributed by atoms with Crippen molar-refractivity contribution in [2.45, 2.75) is 52.2 Å². The van der Waals surface area contributed by atoms with Gasteiger partial charge >= 0.3 is 0 Å². The average molecular weight is 307 g/mol. The SMILES string of the molecule is Cc1ccc2c(c1)c1cc(C)ccc1n2[C@@H]1CCC(C)CC1O. The van der Waals surface area contributed by atoms with Gasteiger partial charge in [0.2, 0.25) is 0 Å². The van der Waals surface area contributed by atoms with E-state index in [4.69, 9.17) is 0 Å². The quantitative estimate of drug-likeness (QED) is 0.662. The van der Waals surface area contributed by atoms with Crippen LogP contribution in [0.4, 0.5) is 0 Å². The highest BCUT2D eigenvalue weighted by Crippen LogP contribution is 2.39. The van der Waals surface area contributed by atoms with E-state index in [-0.39, 0.29) is 12.1 Å². The van der Waals surface area contributed by atoms with Crippen molar-refractivity contribution < 1.29 is 5.11 Å². The van der Waals surface area contributed by atoms with Gasteiger partial charge in [-0.3, -0.25) is 0 Å². The minimum atomic E-state index is -0.250. The minimum absolute atomic E-state index is 0.191. The molecule has 1 N–H and O–H groups in total. The average Bonchev–Trinajstić information content (AvgIpc) is 2.81. The van der Waals surface area contributed by atoms with Crippen molar-refractivity contribution in [3.63, 3.8) is 0 Å². The third kappa shape index (κ3) is 2.36. The number of benzene rings is 2. The highest BCUT2D eigenvalue weighted by Gasteiger charge is 2.30. The van der Waals surface area contributed by atoms with E-state index < -0.39 is 0 Å². The Kier molecular flexibility index (Phi) is 3.46. The molecule has 2 nitrogen and oxygen atoms in total. The van der Waals surface area contributed by atoms with Crippen LogP contribution in [0.1, 0.15) is 43.4 Å². The first-order valence-electron chi connectivity index (χ1n) is 8.73. The fourth-order valence-corrected chi connectivity index (χ4v) is 4.27. The van der Waals surface area contributed by atoms with E-state index in [2.05, 4.69) is 61.7 Å². The van der Waals surface area contributed by atoms with Crippen molar-refractivity contribution in [2.24, 2.45) is 5.92 Å². The van der Waals surface area contributed by atoms with Crippen LogP contribution in [0.15, 0.2) is 36.4 Å². The summed E-state index contributed by atoms with van der Waals surface area (Å²) in [4.78, 5) is 0. The maximum Gasteiger partial charge on any atom is 0.0750 e. The van der Waals surface area contributed by atoms with Crippen molar-refractivity contribution in [1.82, 2.24) is 4.57 Å². The molecule has 1 saturated carbocycles. The Morgan fingerprint density at radius 3 is 2.00 bits per heavy atom. The Labute approximate surface area is 137 Å². The van der Waals surface area contributed by atoms with Crippen LogP contribution in [0.25, 0.3) is 21.8 Å². The number of rotatable bonds is 1. The molecule has 120 valence electrons. The Morgan fingerprint density at radius 1 is 0.913 bits per heavy atom. The number of aryl methyl sites for hydroxylation is 2. The highest BCUT2D eigenvalue weighted by molar-refractivity contribution is 6.08. The molecule has 3 aromatic rings. The van der Waals surface area contributed by atoms with Gasteiger partial charge in [0.1, 0.15) is 0 Å². The third-order valence-electron chi connectivity index (χ3n) is 5.49. The molecule has 4 rings (SSSR count). The number of aliphatic hydroxyl groups excluding tert-OH is 1. The fourth-order valence-electron chi connectivity index (χ4n) is 4.27. The van der Waals surface area contributed by atoms with E-state index in [1.165, 1.54) is 39.4 Å². The van der Waals surface area contributed by atoms with Gasteiger partial charge in [-0.1, -0.05) is 30.2 Å².